The Bertz CT molecular complexity index is 365. The van der Waals surface area contributed by atoms with Crippen LogP contribution in [0, 0.1) is 0 Å². The maximum absolute atomic E-state index is 12.0. The molecule has 0 fully saturated rings. The van der Waals surface area contributed by atoms with Crippen LogP contribution in [0.3, 0.4) is 0 Å². The van der Waals surface area contributed by atoms with E-state index in [0.717, 1.165) is 22.2 Å². The zero-order valence-corrected chi connectivity index (χ0v) is 10.2. The second kappa shape index (κ2) is 6.59. The first kappa shape index (κ1) is 14.0. The van der Waals surface area contributed by atoms with Crippen molar-refractivity contribution in [1.29, 1.82) is 0 Å². The van der Waals surface area contributed by atoms with Gasteiger partial charge in [0.15, 0.2) is 0 Å². The maximum Gasteiger partial charge on any atom is 0.303 e. The summed E-state index contributed by atoms with van der Waals surface area (Å²) in [7, 11) is 0. The van der Waals surface area contributed by atoms with Crippen molar-refractivity contribution in [3.05, 3.63) is 29.8 Å². The van der Waals surface area contributed by atoms with E-state index in [2.05, 4.69) is 0 Å². The molecule has 1 aromatic rings. The molecule has 94 valence electrons. The minimum atomic E-state index is -2.31. The predicted molar refractivity (Wildman–Crippen MR) is 63.8 cm³/mol. The molecule has 0 spiro atoms. The molecule has 2 nitrogen and oxygen atoms in total. The fourth-order valence-corrected chi connectivity index (χ4v) is 2.08. The van der Waals surface area contributed by atoms with E-state index >= 15 is 0 Å². The molecule has 0 bridgehead atoms. The van der Waals surface area contributed by atoms with Crippen molar-refractivity contribution < 1.29 is 18.7 Å². The van der Waals surface area contributed by atoms with Crippen LogP contribution in [0.15, 0.2) is 29.2 Å². The lowest BCUT2D eigenvalue weighted by molar-refractivity contribution is -0.137. The highest BCUT2D eigenvalue weighted by Gasteiger charge is 2.10. The van der Waals surface area contributed by atoms with Crippen LogP contribution in [0.2, 0.25) is 0 Å². The number of rotatable bonds is 6. The van der Waals surface area contributed by atoms with Crippen LogP contribution >= 0.6 is 11.8 Å². The number of benzene rings is 1. The topological polar surface area (TPSA) is 37.3 Å². The summed E-state index contributed by atoms with van der Waals surface area (Å²) in [5, 5.41) is 8.66. The van der Waals surface area contributed by atoms with Crippen LogP contribution in [-0.2, 0) is 4.79 Å². The normalized spacial score (nSPS) is 12.7. The molecule has 1 rings (SSSR count). The number of halogens is 2. The Morgan fingerprint density at radius 2 is 1.94 bits per heavy atom. The highest BCUT2D eigenvalue weighted by Crippen LogP contribution is 2.24. The summed E-state index contributed by atoms with van der Waals surface area (Å²) < 4.78 is 24.0. The van der Waals surface area contributed by atoms with Gasteiger partial charge in [-0.1, -0.05) is 19.1 Å². The van der Waals surface area contributed by atoms with Gasteiger partial charge in [0.05, 0.1) is 12.2 Å². The van der Waals surface area contributed by atoms with Gasteiger partial charge in [0.2, 0.25) is 6.43 Å². The summed E-state index contributed by atoms with van der Waals surface area (Å²) in [6.45, 7) is 1.83. The van der Waals surface area contributed by atoms with E-state index in [1.807, 2.05) is 6.92 Å². The lowest BCUT2D eigenvalue weighted by atomic mass is 9.98. The molecule has 0 radical (unpaired) electrons. The van der Waals surface area contributed by atoms with Crippen molar-refractivity contribution >= 4 is 17.7 Å². The van der Waals surface area contributed by atoms with Crippen molar-refractivity contribution in [1.82, 2.24) is 0 Å². The van der Waals surface area contributed by atoms with E-state index < -0.39 is 12.4 Å². The zero-order valence-electron chi connectivity index (χ0n) is 9.40. The first-order valence-corrected chi connectivity index (χ1v) is 6.20. The number of aliphatic carboxylic acids is 1. The van der Waals surface area contributed by atoms with E-state index in [0.29, 0.717) is 0 Å². The average Bonchev–Trinajstić information content (AvgIpc) is 2.26. The van der Waals surface area contributed by atoms with Gasteiger partial charge in [0.25, 0.3) is 0 Å². The van der Waals surface area contributed by atoms with Gasteiger partial charge >= 0.3 is 5.97 Å². The lowest BCUT2D eigenvalue weighted by Gasteiger charge is -2.09. The van der Waals surface area contributed by atoms with Crippen LogP contribution in [0.5, 0.6) is 0 Å². The van der Waals surface area contributed by atoms with Gasteiger partial charge in [-0.2, -0.15) is 0 Å². The average molecular weight is 260 g/mol. The van der Waals surface area contributed by atoms with Gasteiger partial charge < -0.3 is 5.11 Å². The molecule has 1 atom stereocenters. The SMILES string of the molecule is CC(CC(=O)O)c1ccc(SCC(F)F)cc1. The molecule has 17 heavy (non-hydrogen) atoms. The second-order valence-corrected chi connectivity index (χ2v) is 4.86. The summed E-state index contributed by atoms with van der Waals surface area (Å²) in [6, 6.07) is 7.09. The number of carboxylic acid groups (broad SMARTS) is 1. The van der Waals surface area contributed by atoms with E-state index in [4.69, 9.17) is 5.11 Å². The molecule has 1 unspecified atom stereocenters. The quantitative estimate of drug-likeness (QED) is 0.794. The summed E-state index contributed by atoms with van der Waals surface area (Å²) in [5.41, 5.74) is 0.911. The van der Waals surface area contributed by atoms with Crippen LogP contribution in [0.1, 0.15) is 24.8 Å². The fourth-order valence-electron chi connectivity index (χ4n) is 1.43. The second-order valence-electron chi connectivity index (χ2n) is 3.77. The van der Waals surface area contributed by atoms with Crippen molar-refractivity contribution in [2.75, 3.05) is 5.75 Å². The van der Waals surface area contributed by atoms with Gasteiger partial charge in [0, 0.05) is 4.90 Å². The molecule has 0 aliphatic rings. The summed E-state index contributed by atoms with van der Waals surface area (Å²) in [6.07, 6.45) is -2.24. The Hall–Kier alpha value is -1.10. The summed E-state index contributed by atoms with van der Waals surface area (Å²) >= 11 is 1.10. The maximum atomic E-state index is 12.0. The Labute approximate surface area is 103 Å². The Balaban J connectivity index is 2.58. The number of carboxylic acids is 1. The first-order chi connectivity index (χ1) is 7.99. The fraction of sp³-hybridized carbons (Fsp3) is 0.417. The van der Waals surface area contributed by atoms with Crippen LogP contribution in [-0.4, -0.2) is 23.3 Å². The van der Waals surface area contributed by atoms with E-state index in [1.165, 1.54) is 0 Å². The summed E-state index contributed by atoms with van der Waals surface area (Å²) in [5.74, 6) is -1.13. The van der Waals surface area contributed by atoms with Gasteiger partial charge in [-0.15, -0.1) is 11.8 Å². The van der Waals surface area contributed by atoms with Crippen LogP contribution in [0.25, 0.3) is 0 Å². The third kappa shape index (κ3) is 5.17. The first-order valence-electron chi connectivity index (χ1n) is 5.21. The Kier molecular flexibility index (Phi) is 5.41. The molecule has 0 aliphatic carbocycles. The minimum absolute atomic E-state index is 0.0679. The number of carbonyl (C=O) groups is 1. The van der Waals surface area contributed by atoms with Gasteiger partial charge in [-0.05, 0) is 23.6 Å². The molecule has 0 amide bonds. The third-order valence-corrected chi connectivity index (χ3v) is 3.33. The lowest BCUT2D eigenvalue weighted by Crippen LogP contribution is -2.02. The molecule has 1 aromatic carbocycles. The molecular weight excluding hydrogens is 246 g/mol. The highest BCUT2D eigenvalue weighted by atomic mass is 32.2. The molecule has 0 saturated heterocycles. The van der Waals surface area contributed by atoms with Crippen molar-refractivity contribution in [2.24, 2.45) is 0 Å². The van der Waals surface area contributed by atoms with Gasteiger partial charge in [0.1, 0.15) is 0 Å². The monoisotopic (exact) mass is 260 g/mol. The minimum Gasteiger partial charge on any atom is -0.481 e. The van der Waals surface area contributed by atoms with E-state index in [-0.39, 0.29) is 18.1 Å². The smallest absolute Gasteiger partial charge is 0.303 e. The molecule has 0 saturated carbocycles. The molecule has 0 aromatic heterocycles. The highest BCUT2D eigenvalue weighted by molar-refractivity contribution is 7.99. The standard InChI is InChI=1S/C12H14F2O2S/c1-8(6-12(15)16)9-2-4-10(5-3-9)17-7-11(13)14/h2-5,8,11H,6-7H2,1H3,(H,15,16). The Morgan fingerprint density at radius 1 is 1.35 bits per heavy atom. The largest absolute Gasteiger partial charge is 0.481 e. The van der Waals surface area contributed by atoms with Crippen LogP contribution < -0.4 is 0 Å². The zero-order chi connectivity index (χ0) is 12.8. The molecular formula is C12H14F2O2S. The molecule has 5 heteroatoms. The van der Waals surface area contributed by atoms with E-state index in [9.17, 15) is 13.6 Å². The summed E-state index contributed by atoms with van der Waals surface area (Å²) in [4.78, 5) is 11.3. The number of thioether (sulfide) groups is 1. The third-order valence-electron chi connectivity index (χ3n) is 2.31. The molecule has 1 N–H and O–H groups in total. The molecule has 0 heterocycles. The van der Waals surface area contributed by atoms with E-state index in [1.54, 1.807) is 24.3 Å². The van der Waals surface area contributed by atoms with Gasteiger partial charge in [-0.25, -0.2) is 8.78 Å². The number of alkyl halides is 2. The van der Waals surface area contributed by atoms with Crippen molar-refractivity contribution in [2.45, 2.75) is 30.6 Å². The number of hydrogen-bond donors (Lipinski definition) is 1. The molecule has 0 aliphatic heterocycles. The van der Waals surface area contributed by atoms with Gasteiger partial charge in [-0.3, -0.25) is 4.79 Å². The Morgan fingerprint density at radius 3 is 2.41 bits per heavy atom. The predicted octanol–water partition coefficient (Wildman–Crippen LogP) is 3.62. The van der Waals surface area contributed by atoms with Crippen molar-refractivity contribution in [3.8, 4) is 0 Å². The van der Waals surface area contributed by atoms with Crippen molar-refractivity contribution in [3.63, 3.8) is 0 Å². The van der Waals surface area contributed by atoms with Crippen LogP contribution in [0.4, 0.5) is 8.78 Å². The number of hydrogen-bond acceptors (Lipinski definition) is 2.